The van der Waals surface area contributed by atoms with Crippen molar-refractivity contribution in [2.75, 3.05) is 11.3 Å². The zero-order valence-electron chi connectivity index (χ0n) is 12.8. The highest BCUT2D eigenvalue weighted by molar-refractivity contribution is 7.93. The van der Waals surface area contributed by atoms with Gasteiger partial charge in [-0.3, -0.25) is 4.72 Å². The van der Waals surface area contributed by atoms with Crippen LogP contribution >= 0.6 is 11.6 Å². The Hall–Kier alpha value is -1.71. The van der Waals surface area contributed by atoms with Crippen LogP contribution in [0.1, 0.15) is 31.2 Å². The van der Waals surface area contributed by atoms with E-state index in [2.05, 4.69) is 20.2 Å². The van der Waals surface area contributed by atoms with E-state index in [0.717, 1.165) is 12.1 Å². The predicted molar refractivity (Wildman–Crippen MR) is 86.8 cm³/mol. The Labute approximate surface area is 143 Å². The smallest absolute Gasteiger partial charge is 0.236 e. The van der Waals surface area contributed by atoms with Gasteiger partial charge in [0.1, 0.15) is 5.82 Å². The minimum absolute atomic E-state index is 0.00516. The van der Waals surface area contributed by atoms with E-state index in [4.69, 9.17) is 16.0 Å². The van der Waals surface area contributed by atoms with E-state index in [-0.39, 0.29) is 23.3 Å². The van der Waals surface area contributed by atoms with Crippen LogP contribution in [0.4, 0.5) is 10.1 Å². The molecular weight excluding hydrogens is 359 g/mol. The number of nitrogens with zero attached hydrogens (tertiary/aromatic N) is 2. The summed E-state index contributed by atoms with van der Waals surface area (Å²) in [4.78, 5) is 0. The zero-order chi connectivity index (χ0) is 17.3. The van der Waals surface area contributed by atoms with Crippen LogP contribution in [0.3, 0.4) is 0 Å². The SMILES string of the molecule is CCc1nnc(C2CC(S(=O)(=O)Nc3ccc(F)cc3Cl)CN2)o1. The monoisotopic (exact) mass is 374 g/mol. The maximum atomic E-state index is 13.1. The predicted octanol–water partition coefficient (Wildman–Crippen LogP) is 2.27. The molecule has 2 unspecified atom stereocenters. The second-order valence-electron chi connectivity index (χ2n) is 5.48. The lowest BCUT2D eigenvalue weighted by atomic mass is 10.2. The maximum Gasteiger partial charge on any atom is 0.236 e. The van der Waals surface area contributed by atoms with Gasteiger partial charge in [-0.15, -0.1) is 10.2 Å². The third-order valence-corrected chi connectivity index (χ3v) is 5.85. The van der Waals surface area contributed by atoms with Crippen molar-refractivity contribution < 1.29 is 17.2 Å². The number of nitrogens with one attached hydrogen (secondary N) is 2. The number of halogens is 2. The second kappa shape index (κ2) is 6.66. The molecule has 1 aromatic heterocycles. The van der Waals surface area contributed by atoms with Gasteiger partial charge in [0, 0.05) is 13.0 Å². The maximum absolute atomic E-state index is 13.1. The van der Waals surface area contributed by atoms with Gasteiger partial charge in [0.2, 0.25) is 21.8 Å². The van der Waals surface area contributed by atoms with Crippen LogP contribution in [0.25, 0.3) is 0 Å². The van der Waals surface area contributed by atoms with E-state index in [0.29, 0.717) is 24.6 Å². The van der Waals surface area contributed by atoms with Gasteiger partial charge in [0.15, 0.2) is 0 Å². The molecule has 0 bridgehead atoms. The van der Waals surface area contributed by atoms with E-state index in [1.807, 2.05) is 6.92 Å². The minimum Gasteiger partial charge on any atom is -0.424 e. The average Bonchev–Trinajstić information content (AvgIpc) is 3.18. The number of anilines is 1. The molecule has 0 saturated carbocycles. The molecule has 1 aromatic carbocycles. The van der Waals surface area contributed by atoms with E-state index >= 15 is 0 Å². The molecule has 3 rings (SSSR count). The van der Waals surface area contributed by atoms with Gasteiger partial charge in [0.25, 0.3) is 0 Å². The molecule has 0 radical (unpaired) electrons. The van der Waals surface area contributed by atoms with E-state index < -0.39 is 21.1 Å². The van der Waals surface area contributed by atoms with Gasteiger partial charge in [-0.25, -0.2) is 12.8 Å². The Bertz CT molecular complexity index is 842. The Morgan fingerprint density at radius 2 is 2.25 bits per heavy atom. The lowest BCUT2D eigenvalue weighted by Gasteiger charge is -2.14. The quantitative estimate of drug-likeness (QED) is 0.833. The van der Waals surface area contributed by atoms with Gasteiger partial charge in [-0.1, -0.05) is 18.5 Å². The van der Waals surface area contributed by atoms with Crippen molar-refractivity contribution in [1.29, 1.82) is 0 Å². The van der Waals surface area contributed by atoms with E-state index in [1.165, 1.54) is 6.07 Å². The molecule has 2 heterocycles. The van der Waals surface area contributed by atoms with Gasteiger partial charge in [-0.05, 0) is 24.6 Å². The fourth-order valence-electron chi connectivity index (χ4n) is 2.49. The number of hydrogen-bond donors (Lipinski definition) is 2. The third kappa shape index (κ3) is 3.52. The van der Waals surface area contributed by atoms with Crippen LogP contribution in [0.15, 0.2) is 22.6 Å². The Balaban J connectivity index is 1.71. The van der Waals surface area contributed by atoms with Crippen molar-refractivity contribution in [2.45, 2.75) is 31.1 Å². The molecule has 2 aromatic rings. The van der Waals surface area contributed by atoms with Crippen LogP contribution in [0.5, 0.6) is 0 Å². The number of sulfonamides is 1. The molecule has 0 aliphatic carbocycles. The van der Waals surface area contributed by atoms with Gasteiger partial charge >= 0.3 is 0 Å². The summed E-state index contributed by atoms with van der Waals surface area (Å²) in [6.07, 6.45) is 0.908. The molecule has 0 amide bonds. The van der Waals surface area contributed by atoms with Crippen LogP contribution in [-0.4, -0.2) is 30.4 Å². The summed E-state index contributed by atoms with van der Waals surface area (Å²) in [7, 11) is -3.70. The molecule has 2 N–H and O–H groups in total. The average molecular weight is 375 g/mol. The standard InChI is InChI=1S/C14H16ClFN4O3S/c1-2-13-18-19-14(23-13)12-6-9(7-17-12)24(21,22)20-11-4-3-8(16)5-10(11)15/h3-5,9,12,17,20H,2,6-7H2,1H3. The first kappa shape index (κ1) is 17.1. The second-order valence-corrected chi connectivity index (χ2v) is 7.85. The van der Waals surface area contributed by atoms with Crippen LogP contribution in [0.2, 0.25) is 5.02 Å². The molecule has 7 nitrogen and oxygen atoms in total. The number of benzene rings is 1. The van der Waals surface area contributed by atoms with Crippen molar-refractivity contribution in [3.8, 4) is 0 Å². The summed E-state index contributed by atoms with van der Waals surface area (Å²) in [6, 6.07) is 3.17. The molecular formula is C14H16ClFN4O3S. The molecule has 1 fully saturated rings. The third-order valence-electron chi connectivity index (χ3n) is 3.80. The van der Waals surface area contributed by atoms with Crippen molar-refractivity contribution in [1.82, 2.24) is 15.5 Å². The van der Waals surface area contributed by atoms with Gasteiger partial charge in [-0.2, -0.15) is 0 Å². The van der Waals surface area contributed by atoms with Crippen LogP contribution in [-0.2, 0) is 16.4 Å². The van der Waals surface area contributed by atoms with E-state index in [9.17, 15) is 12.8 Å². The fourth-order valence-corrected chi connectivity index (χ4v) is 4.17. The lowest BCUT2D eigenvalue weighted by molar-refractivity contribution is 0.405. The molecule has 1 aliphatic rings. The number of aryl methyl sites for hydroxylation is 1. The van der Waals surface area contributed by atoms with Gasteiger partial charge < -0.3 is 9.73 Å². The first-order chi connectivity index (χ1) is 11.4. The molecule has 130 valence electrons. The number of rotatable bonds is 5. The van der Waals surface area contributed by atoms with Crippen molar-refractivity contribution >= 4 is 27.3 Å². The molecule has 1 aliphatic heterocycles. The lowest BCUT2D eigenvalue weighted by Crippen LogP contribution is -2.29. The van der Waals surface area contributed by atoms with Gasteiger partial charge in [0.05, 0.1) is 22.0 Å². The van der Waals surface area contributed by atoms with Crippen molar-refractivity contribution in [2.24, 2.45) is 0 Å². The first-order valence-electron chi connectivity index (χ1n) is 7.41. The highest BCUT2D eigenvalue weighted by Gasteiger charge is 2.37. The Kier molecular flexibility index (Phi) is 4.75. The number of hydrogen-bond acceptors (Lipinski definition) is 6. The van der Waals surface area contributed by atoms with Crippen molar-refractivity contribution in [3.63, 3.8) is 0 Å². The summed E-state index contributed by atoms with van der Waals surface area (Å²) in [5.41, 5.74) is 0.146. The minimum atomic E-state index is -3.70. The van der Waals surface area contributed by atoms with E-state index in [1.54, 1.807) is 0 Å². The Morgan fingerprint density at radius 1 is 1.46 bits per heavy atom. The summed E-state index contributed by atoms with van der Waals surface area (Å²) in [5.74, 6) is 0.354. The largest absolute Gasteiger partial charge is 0.424 e. The first-order valence-corrected chi connectivity index (χ1v) is 9.34. The molecule has 0 spiro atoms. The summed E-state index contributed by atoms with van der Waals surface area (Å²) < 4.78 is 45.9. The molecule has 24 heavy (non-hydrogen) atoms. The molecule has 1 saturated heterocycles. The summed E-state index contributed by atoms with van der Waals surface area (Å²) in [5, 5.41) is 10.2. The summed E-state index contributed by atoms with van der Waals surface area (Å²) in [6.45, 7) is 2.13. The normalized spacial score (nSPS) is 21.1. The topological polar surface area (TPSA) is 97.1 Å². The molecule has 2 atom stereocenters. The van der Waals surface area contributed by atoms with Crippen LogP contribution < -0.4 is 10.0 Å². The highest BCUT2D eigenvalue weighted by Crippen LogP contribution is 2.29. The summed E-state index contributed by atoms with van der Waals surface area (Å²) >= 11 is 5.87. The molecule has 10 heteroatoms. The van der Waals surface area contributed by atoms with Crippen molar-refractivity contribution in [3.05, 3.63) is 40.8 Å². The number of aromatic nitrogens is 2. The zero-order valence-corrected chi connectivity index (χ0v) is 14.4. The van der Waals surface area contributed by atoms with Crippen LogP contribution in [0, 0.1) is 5.82 Å². The fraction of sp³-hybridized carbons (Fsp3) is 0.429. The Morgan fingerprint density at radius 3 is 2.92 bits per heavy atom. The highest BCUT2D eigenvalue weighted by atomic mass is 35.5.